The Morgan fingerprint density at radius 3 is 1.33 bits per heavy atom. The Hall–Kier alpha value is -1.40. The number of unbranched alkanes of at least 4 members (excludes halogenated alkanes) is 8. The fourth-order valence-corrected chi connectivity index (χ4v) is 1.39. The summed E-state index contributed by atoms with van der Waals surface area (Å²) in [5.41, 5.74) is 0. The molecule has 0 amide bonds. The first kappa shape index (κ1) is 19.0. The third kappa shape index (κ3) is 24.0. The van der Waals surface area contributed by atoms with E-state index in [0.29, 0.717) is 0 Å². The number of rotatable bonds is 10. The van der Waals surface area contributed by atoms with E-state index in [1.54, 1.807) is 0 Å². The largest absolute Gasteiger partial charge is 0.120 e. The highest BCUT2D eigenvalue weighted by Gasteiger charge is 1.83. The van der Waals surface area contributed by atoms with Crippen LogP contribution in [0.4, 0.5) is 0 Å². The van der Waals surface area contributed by atoms with Gasteiger partial charge in [-0.1, -0.05) is 25.0 Å². The van der Waals surface area contributed by atoms with Gasteiger partial charge >= 0.3 is 0 Å². The zero-order chi connectivity index (χ0) is 13.9. The summed E-state index contributed by atoms with van der Waals surface area (Å²) < 4.78 is 0. The van der Waals surface area contributed by atoms with Gasteiger partial charge in [0.05, 0.1) is 0 Å². The molecule has 0 N–H and O–H groups in total. The van der Waals surface area contributed by atoms with Crippen molar-refractivity contribution < 1.29 is 0 Å². The van der Waals surface area contributed by atoms with E-state index in [1.165, 1.54) is 38.5 Å². The summed E-state index contributed by atoms with van der Waals surface area (Å²) in [7, 11) is 0. The van der Waals surface area contributed by atoms with Gasteiger partial charge in [-0.15, -0.1) is 37.8 Å². The van der Waals surface area contributed by atoms with Crippen LogP contribution in [-0.2, 0) is 0 Å². The number of terminal acetylenes is 2. The van der Waals surface area contributed by atoms with Crippen molar-refractivity contribution in [3.05, 3.63) is 25.3 Å². The smallest absolute Gasteiger partial charge is 0.00860 e. The maximum Gasteiger partial charge on any atom is 0.00860 e. The molecule has 0 bridgehead atoms. The summed E-state index contributed by atoms with van der Waals surface area (Å²) >= 11 is 0. The lowest BCUT2D eigenvalue weighted by atomic mass is 10.1. The average molecular weight is 244 g/mol. The van der Waals surface area contributed by atoms with Crippen molar-refractivity contribution >= 4 is 0 Å². The van der Waals surface area contributed by atoms with Gasteiger partial charge in [0.1, 0.15) is 0 Å². The van der Waals surface area contributed by atoms with Crippen LogP contribution in [0.5, 0.6) is 0 Å². The Morgan fingerprint density at radius 1 is 0.667 bits per heavy atom. The highest BCUT2D eigenvalue weighted by atomic mass is 13.9. The summed E-state index contributed by atoms with van der Waals surface area (Å²) in [5, 5.41) is 0. The van der Waals surface area contributed by atoms with E-state index < -0.39 is 0 Å². The highest BCUT2D eigenvalue weighted by Crippen LogP contribution is 2.02. The fraction of sp³-hybridized carbons (Fsp3) is 0.556. The van der Waals surface area contributed by atoms with Crippen LogP contribution < -0.4 is 0 Å². The third-order valence-corrected chi connectivity index (χ3v) is 2.46. The Labute approximate surface area is 115 Å². The first-order valence-corrected chi connectivity index (χ1v) is 6.92. The maximum absolute atomic E-state index is 5.07. The third-order valence-electron chi connectivity index (χ3n) is 2.46. The van der Waals surface area contributed by atoms with Gasteiger partial charge in [-0.2, -0.15) is 0 Å². The molecule has 0 aliphatic carbocycles. The molecule has 0 aromatic heterocycles. The summed E-state index contributed by atoms with van der Waals surface area (Å²) in [6, 6.07) is 0. The molecule has 0 fully saturated rings. The summed E-state index contributed by atoms with van der Waals surface area (Å²) in [6.07, 6.45) is 25.5. The first-order valence-electron chi connectivity index (χ1n) is 6.92. The Bertz CT molecular complexity index is 218. The lowest BCUT2D eigenvalue weighted by molar-refractivity contribution is 0.703. The molecule has 0 aromatic rings. The number of hydrogen-bond donors (Lipinski definition) is 0. The second kappa shape index (κ2) is 20.9. The lowest BCUT2D eigenvalue weighted by Crippen LogP contribution is -1.73. The molecule has 0 radical (unpaired) electrons. The van der Waals surface area contributed by atoms with E-state index in [9.17, 15) is 0 Å². The van der Waals surface area contributed by atoms with E-state index in [-0.39, 0.29) is 0 Å². The van der Waals surface area contributed by atoms with Crippen molar-refractivity contribution in [2.24, 2.45) is 0 Å². The molecule has 0 saturated carbocycles. The van der Waals surface area contributed by atoms with Crippen LogP contribution in [0, 0.1) is 24.7 Å². The monoisotopic (exact) mass is 244 g/mol. The minimum Gasteiger partial charge on any atom is -0.120 e. The number of allylic oxidation sites excluding steroid dienone is 2. The second-order valence-corrected chi connectivity index (χ2v) is 4.18. The van der Waals surface area contributed by atoms with Crippen molar-refractivity contribution in [3.8, 4) is 24.7 Å². The van der Waals surface area contributed by atoms with Gasteiger partial charge in [-0.25, -0.2) is 0 Å². The van der Waals surface area contributed by atoms with Gasteiger partial charge in [0.15, 0.2) is 0 Å². The quantitative estimate of drug-likeness (QED) is 0.270. The zero-order valence-electron chi connectivity index (χ0n) is 11.8. The molecule has 0 unspecified atom stereocenters. The Morgan fingerprint density at radius 2 is 1.06 bits per heavy atom. The molecule has 0 rings (SSSR count). The van der Waals surface area contributed by atoms with Crippen LogP contribution >= 0.6 is 0 Å². The summed E-state index contributed by atoms with van der Waals surface area (Å²) in [6.45, 7) is 7.28. The van der Waals surface area contributed by atoms with Crippen LogP contribution in [0.2, 0.25) is 0 Å². The molecule has 0 aliphatic rings. The standard InChI is InChI=1S/2C9H14/c2*1-3-5-7-9-8-6-4-2/h2*1,4H,2,5-9H2. The maximum atomic E-state index is 5.07. The second-order valence-electron chi connectivity index (χ2n) is 4.18. The SMILES string of the molecule is C#CCCCCCC=C.C#CCCCCCC=C. The van der Waals surface area contributed by atoms with Gasteiger partial charge in [-0.3, -0.25) is 0 Å². The van der Waals surface area contributed by atoms with Crippen molar-refractivity contribution in [3.63, 3.8) is 0 Å². The fourth-order valence-electron chi connectivity index (χ4n) is 1.39. The normalized spacial score (nSPS) is 8.33. The number of hydrogen-bond acceptors (Lipinski definition) is 0. The molecular formula is C18H28. The van der Waals surface area contributed by atoms with Gasteiger partial charge in [0.25, 0.3) is 0 Å². The molecule has 0 saturated heterocycles. The van der Waals surface area contributed by atoms with Crippen molar-refractivity contribution in [1.82, 2.24) is 0 Å². The van der Waals surface area contributed by atoms with E-state index in [4.69, 9.17) is 12.8 Å². The van der Waals surface area contributed by atoms with Gasteiger partial charge in [-0.05, 0) is 38.5 Å². The predicted octanol–water partition coefficient (Wildman–Crippen LogP) is 5.51. The summed E-state index contributed by atoms with van der Waals surface area (Å²) in [4.78, 5) is 0. The topological polar surface area (TPSA) is 0 Å². The van der Waals surface area contributed by atoms with Crippen LogP contribution in [0.1, 0.15) is 64.2 Å². The predicted molar refractivity (Wildman–Crippen MR) is 84.2 cm³/mol. The summed E-state index contributed by atoms with van der Waals surface area (Å²) in [5.74, 6) is 5.24. The van der Waals surface area contributed by atoms with Crippen LogP contribution in [-0.4, -0.2) is 0 Å². The van der Waals surface area contributed by atoms with E-state index in [0.717, 1.165) is 25.7 Å². The van der Waals surface area contributed by atoms with Gasteiger partial charge in [0, 0.05) is 12.8 Å². The highest BCUT2D eigenvalue weighted by molar-refractivity contribution is 4.83. The minimum atomic E-state index is 0.928. The lowest BCUT2D eigenvalue weighted by Gasteiger charge is -1.91. The Balaban J connectivity index is 0. The van der Waals surface area contributed by atoms with Crippen molar-refractivity contribution in [1.29, 1.82) is 0 Å². The van der Waals surface area contributed by atoms with Crippen molar-refractivity contribution in [2.45, 2.75) is 64.2 Å². The molecular weight excluding hydrogens is 216 g/mol. The molecule has 0 aliphatic heterocycles. The molecule has 18 heavy (non-hydrogen) atoms. The molecule has 0 heteroatoms. The molecule has 0 atom stereocenters. The van der Waals surface area contributed by atoms with Gasteiger partial charge in [0.2, 0.25) is 0 Å². The van der Waals surface area contributed by atoms with E-state index in [2.05, 4.69) is 25.0 Å². The first-order chi connectivity index (χ1) is 8.83. The van der Waals surface area contributed by atoms with E-state index in [1.807, 2.05) is 12.2 Å². The van der Waals surface area contributed by atoms with E-state index >= 15 is 0 Å². The molecule has 0 spiro atoms. The molecule has 0 heterocycles. The van der Waals surface area contributed by atoms with Crippen LogP contribution in [0.3, 0.4) is 0 Å². The Kier molecular flexibility index (Phi) is 22.1. The van der Waals surface area contributed by atoms with Crippen LogP contribution in [0.15, 0.2) is 25.3 Å². The minimum absolute atomic E-state index is 0.928. The van der Waals surface area contributed by atoms with Crippen molar-refractivity contribution in [2.75, 3.05) is 0 Å². The average Bonchev–Trinajstić information content (AvgIpc) is 2.39. The molecule has 0 aromatic carbocycles. The zero-order valence-corrected chi connectivity index (χ0v) is 11.8. The molecule has 0 nitrogen and oxygen atoms in total. The van der Waals surface area contributed by atoms with Gasteiger partial charge < -0.3 is 0 Å². The molecule has 100 valence electrons. The van der Waals surface area contributed by atoms with Crippen LogP contribution in [0.25, 0.3) is 0 Å².